The highest BCUT2D eigenvalue weighted by atomic mass is 19.4. The number of carboxylic acid groups (broad SMARTS) is 1. The second-order valence-corrected chi connectivity index (χ2v) is 4.08. The maximum absolute atomic E-state index is 12.2. The van der Waals surface area contributed by atoms with E-state index < -0.39 is 18.7 Å². The van der Waals surface area contributed by atoms with Crippen LogP contribution in [0.3, 0.4) is 0 Å². The van der Waals surface area contributed by atoms with Crippen LogP contribution in [0.2, 0.25) is 0 Å². The van der Waals surface area contributed by atoms with Crippen molar-refractivity contribution in [3.8, 4) is 0 Å². The van der Waals surface area contributed by atoms with Gasteiger partial charge in [0.1, 0.15) is 0 Å². The van der Waals surface area contributed by atoms with E-state index in [1.807, 2.05) is 0 Å². The van der Waals surface area contributed by atoms with Crippen molar-refractivity contribution >= 4 is 5.97 Å². The summed E-state index contributed by atoms with van der Waals surface area (Å²) in [7, 11) is 0. The third-order valence-corrected chi connectivity index (χ3v) is 2.27. The van der Waals surface area contributed by atoms with E-state index in [2.05, 4.69) is 0 Å². The molecule has 1 N–H and O–H groups in total. The molecule has 0 aliphatic heterocycles. The first kappa shape index (κ1) is 13.0. The van der Waals surface area contributed by atoms with Crippen LogP contribution in [-0.4, -0.2) is 41.3 Å². The van der Waals surface area contributed by atoms with Gasteiger partial charge in [0.25, 0.3) is 0 Å². The Labute approximate surface area is 91.5 Å². The van der Waals surface area contributed by atoms with Gasteiger partial charge in [0, 0.05) is 18.7 Å². The topological polar surface area (TPSA) is 40.5 Å². The maximum Gasteiger partial charge on any atom is 0.401 e. The molecule has 16 heavy (non-hydrogen) atoms. The third-order valence-electron chi connectivity index (χ3n) is 2.27. The van der Waals surface area contributed by atoms with Gasteiger partial charge >= 0.3 is 12.1 Å². The number of halogens is 3. The molecule has 0 saturated heterocycles. The van der Waals surface area contributed by atoms with Crippen LogP contribution in [0.15, 0.2) is 11.6 Å². The smallest absolute Gasteiger partial charge is 0.401 e. The van der Waals surface area contributed by atoms with Crippen molar-refractivity contribution in [1.29, 1.82) is 0 Å². The Morgan fingerprint density at radius 1 is 1.50 bits per heavy atom. The summed E-state index contributed by atoms with van der Waals surface area (Å²) in [5.41, 5.74) is 0.434. The maximum atomic E-state index is 12.2. The van der Waals surface area contributed by atoms with Crippen LogP contribution in [0.1, 0.15) is 19.8 Å². The quantitative estimate of drug-likeness (QED) is 0.744. The van der Waals surface area contributed by atoms with Gasteiger partial charge in [-0.15, -0.1) is 0 Å². The van der Waals surface area contributed by atoms with Crippen LogP contribution < -0.4 is 0 Å². The highest BCUT2D eigenvalue weighted by Gasteiger charge is 2.37. The Morgan fingerprint density at radius 3 is 2.44 bits per heavy atom. The molecule has 0 atom stereocenters. The normalized spacial score (nSPS) is 17.9. The Morgan fingerprint density at radius 2 is 2.06 bits per heavy atom. The van der Waals surface area contributed by atoms with E-state index in [4.69, 9.17) is 5.11 Å². The largest absolute Gasteiger partial charge is 0.478 e. The van der Waals surface area contributed by atoms with Crippen molar-refractivity contribution in [2.24, 2.45) is 0 Å². The van der Waals surface area contributed by atoms with Crippen molar-refractivity contribution < 1.29 is 23.1 Å². The average molecular weight is 237 g/mol. The van der Waals surface area contributed by atoms with E-state index >= 15 is 0 Å². The zero-order valence-corrected chi connectivity index (χ0v) is 8.92. The summed E-state index contributed by atoms with van der Waals surface area (Å²) in [6.45, 7) is 0.624. The van der Waals surface area contributed by atoms with E-state index in [0.717, 1.165) is 18.9 Å². The van der Waals surface area contributed by atoms with Gasteiger partial charge < -0.3 is 5.11 Å². The van der Waals surface area contributed by atoms with Crippen LogP contribution >= 0.6 is 0 Å². The molecular formula is C10H14F3NO2. The zero-order valence-electron chi connectivity index (χ0n) is 8.92. The average Bonchev–Trinajstić information content (AvgIpc) is 2.79. The summed E-state index contributed by atoms with van der Waals surface area (Å²) in [6, 6.07) is -0.0428. The van der Waals surface area contributed by atoms with Gasteiger partial charge in [-0.2, -0.15) is 13.2 Å². The predicted octanol–water partition coefficient (Wildman–Crippen LogP) is 2.04. The minimum Gasteiger partial charge on any atom is -0.478 e. The number of carbonyl (C=O) groups is 1. The highest BCUT2D eigenvalue weighted by Crippen LogP contribution is 2.30. The van der Waals surface area contributed by atoms with E-state index in [9.17, 15) is 18.0 Å². The molecule has 92 valence electrons. The molecule has 0 bridgehead atoms. The number of hydrogen-bond acceptors (Lipinski definition) is 2. The van der Waals surface area contributed by atoms with Crippen LogP contribution in [0.4, 0.5) is 13.2 Å². The number of rotatable bonds is 5. The standard InChI is InChI=1S/C10H14F3NO2/c1-7(4-9(15)16)5-14(8-2-3-8)6-10(11,12)13/h4,8H,2-3,5-6H2,1H3,(H,15,16). The summed E-state index contributed by atoms with van der Waals surface area (Å²) in [4.78, 5) is 11.6. The molecule has 0 aromatic carbocycles. The van der Waals surface area contributed by atoms with Gasteiger partial charge in [0.05, 0.1) is 6.54 Å². The molecule has 1 aliphatic carbocycles. The number of aliphatic carboxylic acids is 1. The van der Waals surface area contributed by atoms with Crippen LogP contribution in [0.5, 0.6) is 0 Å². The third kappa shape index (κ3) is 5.16. The second-order valence-electron chi connectivity index (χ2n) is 4.08. The molecule has 1 rings (SSSR count). The fourth-order valence-electron chi connectivity index (χ4n) is 1.56. The summed E-state index contributed by atoms with van der Waals surface area (Å²) in [6.07, 6.45) is -1.76. The summed E-state index contributed by atoms with van der Waals surface area (Å²) in [5.74, 6) is -1.12. The Kier molecular flexibility index (Phi) is 3.96. The Bertz CT molecular complexity index is 295. The van der Waals surface area contributed by atoms with E-state index in [1.54, 1.807) is 0 Å². The lowest BCUT2D eigenvalue weighted by molar-refractivity contribution is -0.146. The van der Waals surface area contributed by atoms with E-state index in [1.165, 1.54) is 11.8 Å². The van der Waals surface area contributed by atoms with Crippen molar-refractivity contribution in [2.45, 2.75) is 32.0 Å². The lowest BCUT2D eigenvalue weighted by Gasteiger charge is -2.23. The summed E-state index contributed by atoms with van der Waals surface area (Å²) in [5, 5.41) is 8.47. The molecule has 6 heteroatoms. The minimum absolute atomic E-state index is 0.0428. The lowest BCUT2D eigenvalue weighted by Crippen LogP contribution is -2.37. The van der Waals surface area contributed by atoms with Crippen molar-refractivity contribution in [3.63, 3.8) is 0 Å². The Balaban J connectivity index is 2.55. The number of alkyl halides is 3. The summed E-state index contributed by atoms with van der Waals surface area (Å²) < 4.78 is 36.7. The molecule has 3 nitrogen and oxygen atoms in total. The number of nitrogens with zero attached hydrogens (tertiary/aromatic N) is 1. The number of carboxylic acids is 1. The zero-order chi connectivity index (χ0) is 12.3. The van der Waals surface area contributed by atoms with Gasteiger partial charge in [-0.1, -0.05) is 5.57 Å². The molecule has 0 heterocycles. The second kappa shape index (κ2) is 4.86. The van der Waals surface area contributed by atoms with E-state index in [0.29, 0.717) is 5.57 Å². The van der Waals surface area contributed by atoms with E-state index in [-0.39, 0.29) is 12.6 Å². The van der Waals surface area contributed by atoms with Crippen molar-refractivity contribution in [3.05, 3.63) is 11.6 Å². The first-order valence-corrected chi connectivity index (χ1v) is 4.99. The Hall–Kier alpha value is -1.04. The van der Waals surface area contributed by atoms with Gasteiger partial charge in [0.2, 0.25) is 0 Å². The first-order chi connectivity index (χ1) is 7.28. The van der Waals surface area contributed by atoms with Gasteiger partial charge in [-0.05, 0) is 19.8 Å². The summed E-state index contributed by atoms with van der Waals surface area (Å²) >= 11 is 0. The molecule has 0 spiro atoms. The van der Waals surface area contributed by atoms with Gasteiger partial charge in [-0.3, -0.25) is 4.90 Å². The molecule has 0 radical (unpaired) electrons. The molecule has 1 saturated carbocycles. The fourth-order valence-corrected chi connectivity index (χ4v) is 1.56. The molecule has 0 aromatic rings. The molecule has 0 amide bonds. The minimum atomic E-state index is -4.23. The first-order valence-electron chi connectivity index (χ1n) is 4.99. The monoisotopic (exact) mass is 237 g/mol. The van der Waals surface area contributed by atoms with Gasteiger partial charge in [-0.25, -0.2) is 4.79 Å². The molecule has 0 aromatic heterocycles. The van der Waals surface area contributed by atoms with Crippen LogP contribution in [0, 0.1) is 0 Å². The van der Waals surface area contributed by atoms with Crippen molar-refractivity contribution in [2.75, 3.05) is 13.1 Å². The SMILES string of the molecule is CC(=CC(=O)O)CN(CC(F)(F)F)C1CC1. The molecular weight excluding hydrogens is 223 g/mol. The predicted molar refractivity (Wildman–Crippen MR) is 52.0 cm³/mol. The van der Waals surface area contributed by atoms with Crippen LogP contribution in [-0.2, 0) is 4.79 Å². The molecule has 1 aliphatic rings. The highest BCUT2D eigenvalue weighted by molar-refractivity contribution is 5.80. The van der Waals surface area contributed by atoms with Gasteiger partial charge in [0.15, 0.2) is 0 Å². The van der Waals surface area contributed by atoms with Crippen molar-refractivity contribution in [1.82, 2.24) is 4.90 Å². The molecule has 0 unspecified atom stereocenters. The lowest BCUT2D eigenvalue weighted by atomic mass is 10.2. The molecule has 1 fully saturated rings. The number of hydrogen-bond donors (Lipinski definition) is 1. The van der Waals surface area contributed by atoms with Crippen LogP contribution in [0.25, 0.3) is 0 Å². The fraction of sp³-hybridized carbons (Fsp3) is 0.700.